The Hall–Kier alpha value is -8.60. The third-order valence-electron chi connectivity index (χ3n) is 15.9. The fourth-order valence-corrected chi connectivity index (χ4v) is 12.6. The Morgan fingerprint density at radius 2 is 0.389 bits per heavy atom. The van der Waals surface area contributed by atoms with Gasteiger partial charge in [-0.15, -0.1) is 0 Å². The second-order valence-corrected chi connectivity index (χ2v) is 19.6. The van der Waals surface area contributed by atoms with E-state index in [2.05, 4.69) is 252 Å². The van der Waals surface area contributed by atoms with Crippen LogP contribution in [0.4, 0.5) is 0 Å². The van der Waals surface area contributed by atoms with Crippen LogP contribution in [0.15, 0.2) is 206 Å². The van der Waals surface area contributed by atoms with E-state index in [0.29, 0.717) is 0 Å². The van der Waals surface area contributed by atoms with Crippen LogP contribution in [0.5, 0.6) is 0 Å². The van der Waals surface area contributed by atoms with Crippen LogP contribution in [-0.2, 0) is 26.2 Å². The van der Waals surface area contributed by atoms with Crippen molar-refractivity contribution in [2.24, 2.45) is 0 Å². The number of fused-ring (bicyclic) bond motifs is 12. The Kier molecular flexibility index (Phi) is 9.69. The van der Waals surface area contributed by atoms with E-state index in [9.17, 15) is 0 Å². The largest absolute Gasteiger partial charge is 0.341 e. The van der Waals surface area contributed by atoms with Gasteiger partial charge in [-0.05, 0) is 193 Å². The summed E-state index contributed by atoms with van der Waals surface area (Å²) in [5.74, 6) is 0. The van der Waals surface area contributed by atoms with Crippen LogP contribution in [0.3, 0.4) is 0 Å². The van der Waals surface area contributed by atoms with E-state index in [1.165, 1.54) is 143 Å². The molecule has 0 amide bonds. The summed E-state index contributed by atoms with van der Waals surface area (Å²) >= 11 is 0. The van der Waals surface area contributed by atoms with E-state index in [1.807, 2.05) is 0 Å². The number of hydrogen-bond acceptors (Lipinski definition) is 0. The topological polar surface area (TPSA) is 19.7 Å². The molecule has 0 bridgehead atoms. The molecule has 0 saturated heterocycles. The quantitative estimate of drug-likeness (QED) is 0.137. The number of hydrogen-bond donors (Lipinski definition) is 0. The molecule has 14 rings (SSSR count). The van der Waals surface area contributed by atoms with Crippen LogP contribution < -0.4 is 0 Å². The van der Waals surface area contributed by atoms with Crippen molar-refractivity contribution in [2.75, 3.05) is 0 Å². The first kappa shape index (κ1) is 42.3. The zero-order chi connectivity index (χ0) is 48.2. The molecule has 0 unspecified atom stereocenters. The van der Waals surface area contributed by atoms with Crippen LogP contribution in [0.25, 0.3) is 143 Å². The van der Waals surface area contributed by atoms with Gasteiger partial charge in [-0.25, -0.2) is 0 Å². The molecule has 0 spiro atoms. The summed E-state index contributed by atoms with van der Waals surface area (Å²) in [7, 11) is 0. The summed E-state index contributed by atoms with van der Waals surface area (Å²) < 4.78 is 9.78. The number of rotatable bonds is 9. The molecule has 0 aliphatic heterocycles. The standard InChI is InChI=1S/C68H54N4/c1-5-69-61-21-13-9-17-53(61)57-39-43(25-29-65(57)69)47-33-48(44-26-30-66-58(40-44)54-18-10-14-22-62(54)70(66)6-2)36-51(35-47)52-37-49(45-27-31-67-59(41-45)55-19-11-15-23-63(55)71(67)7-3)34-50(38-52)46-28-32-68-60(42-46)56-20-12-16-24-64(56)72(68)8-4/h9-42H,5-8H2,1-4H3. The predicted octanol–water partition coefficient (Wildman–Crippen LogP) is 18.5. The number of benzene rings is 10. The first-order chi connectivity index (χ1) is 35.5. The van der Waals surface area contributed by atoms with Gasteiger partial charge in [0, 0.05) is 113 Å². The van der Waals surface area contributed by atoms with Crippen molar-refractivity contribution >= 4 is 87.2 Å². The van der Waals surface area contributed by atoms with Crippen molar-refractivity contribution in [3.8, 4) is 55.6 Å². The summed E-state index contributed by atoms with van der Waals surface area (Å²) in [6, 6.07) is 78.4. The van der Waals surface area contributed by atoms with Crippen molar-refractivity contribution in [3.05, 3.63) is 206 Å². The summed E-state index contributed by atoms with van der Waals surface area (Å²) in [5, 5.41) is 10.3. The van der Waals surface area contributed by atoms with Gasteiger partial charge in [0.05, 0.1) is 0 Å². The third kappa shape index (κ3) is 6.38. The van der Waals surface area contributed by atoms with E-state index in [-0.39, 0.29) is 0 Å². The highest BCUT2D eigenvalue weighted by Gasteiger charge is 2.19. The lowest BCUT2D eigenvalue weighted by Crippen LogP contribution is -1.93. The zero-order valence-corrected chi connectivity index (χ0v) is 41.2. The molecule has 4 heteroatoms. The van der Waals surface area contributed by atoms with E-state index < -0.39 is 0 Å². The monoisotopic (exact) mass is 926 g/mol. The van der Waals surface area contributed by atoms with Crippen LogP contribution in [0, 0.1) is 0 Å². The number of nitrogens with zero attached hydrogens (tertiary/aromatic N) is 4. The minimum Gasteiger partial charge on any atom is -0.341 e. The van der Waals surface area contributed by atoms with Crippen LogP contribution >= 0.6 is 0 Å². The minimum absolute atomic E-state index is 0.916. The molecule has 4 aromatic heterocycles. The van der Waals surface area contributed by atoms with Crippen molar-refractivity contribution in [1.82, 2.24) is 18.3 Å². The van der Waals surface area contributed by atoms with E-state index in [4.69, 9.17) is 0 Å². The fraction of sp³-hybridized carbons (Fsp3) is 0.118. The maximum absolute atomic E-state index is 2.44. The molecular formula is C68H54N4. The Balaban J connectivity index is 1.02. The lowest BCUT2D eigenvalue weighted by Gasteiger charge is -2.15. The van der Waals surface area contributed by atoms with Gasteiger partial charge in [0.2, 0.25) is 0 Å². The zero-order valence-electron chi connectivity index (χ0n) is 41.2. The average Bonchev–Trinajstić information content (AvgIpc) is 4.16. The smallest absolute Gasteiger partial charge is 0.0491 e. The van der Waals surface area contributed by atoms with E-state index >= 15 is 0 Å². The maximum Gasteiger partial charge on any atom is 0.0491 e. The molecule has 0 saturated carbocycles. The van der Waals surface area contributed by atoms with Crippen molar-refractivity contribution in [3.63, 3.8) is 0 Å². The first-order valence-electron chi connectivity index (χ1n) is 25.9. The van der Waals surface area contributed by atoms with Gasteiger partial charge in [0.1, 0.15) is 0 Å². The van der Waals surface area contributed by atoms with Crippen LogP contribution in [0.1, 0.15) is 27.7 Å². The van der Waals surface area contributed by atoms with E-state index in [1.54, 1.807) is 0 Å². The number of aryl methyl sites for hydroxylation is 4. The second kappa shape index (κ2) is 16.5. The molecule has 0 atom stereocenters. The molecule has 0 fully saturated rings. The van der Waals surface area contributed by atoms with Gasteiger partial charge in [0.15, 0.2) is 0 Å². The summed E-state index contributed by atoms with van der Waals surface area (Å²) in [6.07, 6.45) is 0. The van der Waals surface area contributed by atoms with Gasteiger partial charge < -0.3 is 18.3 Å². The highest BCUT2D eigenvalue weighted by atomic mass is 15.0. The van der Waals surface area contributed by atoms with Gasteiger partial charge in [-0.3, -0.25) is 0 Å². The molecule has 4 nitrogen and oxygen atoms in total. The molecule has 0 aliphatic rings. The Morgan fingerprint density at radius 3 is 0.611 bits per heavy atom. The van der Waals surface area contributed by atoms with Gasteiger partial charge in [-0.2, -0.15) is 0 Å². The molecular weight excluding hydrogens is 873 g/mol. The van der Waals surface area contributed by atoms with Crippen LogP contribution in [-0.4, -0.2) is 18.3 Å². The summed E-state index contributed by atoms with van der Waals surface area (Å²) in [4.78, 5) is 0. The Bertz CT molecular complexity index is 3940. The average molecular weight is 927 g/mol. The molecule has 0 N–H and O–H groups in total. The second-order valence-electron chi connectivity index (χ2n) is 19.6. The third-order valence-corrected chi connectivity index (χ3v) is 15.9. The Labute approximate surface area is 419 Å². The molecule has 0 radical (unpaired) electrons. The first-order valence-corrected chi connectivity index (χ1v) is 25.9. The van der Waals surface area contributed by atoms with Crippen molar-refractivity contribution in [2.45, 2.75) is 53.9 Å². The Morgan fingerprint density at radius 1 is 0.194 bits per heavy atom. The molecule has 346 valence electrons. The van der Waals surface area contributed by atoms with Crippen molar-refractivity contribution < 1.29 is 0 Å². The lowest BCUT2D eigenvalue weighted by atomic mass is 9.89. The summed E-state index contributed by atoms with van der Waals surface area (Å²) in [6.45, 7) is 12.6. The normalized spacial score (nSPS) is 12.1. The molecule has 72 heavy (non-hydrogen) atoms. The highest BCUT2D eigenvalue weighted by Crippen LogP contribution is 2.43. The maximum atomic E-state index is 2.44. The van der Waals surface area contributed by atoms with Gasteiger partial charge in [0.25, 0.3) is 0 Å². The number of para-hydroxylation sites is 4. The molecule has 10 aromatic carbocycles. The molecule has 14 aromatic rings. The highest BCUT2D eigenvalue weighted by molar-refractivity contribution is 6.13. The van der Waals surface area contributed by atoms with Gasteiger partial charge >= 0.3 is 0 Å². The SMILES string of the molecule is CCn1c2ccccc2c2cc(-c3cc(-c4cc(-c5ccc6c(c5)c5ccccc5n6CC)cc(-c5ccc6c(c5)c5ccccc5n6CC)c4)cc(-c4ccc5c(c4)c4ccccc4n5CC)c3)ccc21. The summed E-state index contributed by atoms with van der Waals surface area (Å²) in [5.41, 5.74) is 22.2. The molecule has 4 heterocycles. The predicted molar refractivity (Wildman–Crippen MR) is 308 cm³/mol. The van der Waals surface area contributed by atoms with Gasteiger partial charge in [-0.1, -0.05) is 97.1 Å². The van der Waals surface area contributed by atoms with Crippen LogP contribution in [0.2, 0.25) is 0 Å². The molecule has 0 aliphatic carbocycles. The lowest BCUT2D eigenvalue weighted by molar-refractivity contribution is 0.827. The number of aromatic nitrogens is 4. The minimum atomic E-state index is 0.916. The fourth-order valence-electron chi connectivity index (χ4n) is 12.6. The van der Waals surface area contributed by atoms with Crippen molar-refractivity contribution in [1.29, 1.82) is 0 Å². The van der Waals surface area contributed by atoms with E-state index in [0.717, 1.165) is 26.2 Å².